The van der Waals surface area contributed by atoms with Crippen molar-refractivity contribution in [1.82, 2.24) is 16.0 Å². The molecule has 1 aliphatic heterocycles. The highest BCUT2D eigenvalue weighted by Crippen LogP contribution is 2.17. The maximum Gasteiger partial charge on any atom is 0.0414 e. The lowest BCUT2D eigenvalue weighted by Crippen LogP contribution is -2.39. The minimum absolute atomic E-state index is 0.526. The van der Waals surface area contributed by atoms with Crippen LogP contribution in [-0.4, -0.2) is 33.2 Å². The largest absolute Gasteiger partial charge is 0.382 e. The normalized spacial score (nSPS) is 15.9. The van der Waals surface area contributed by atoms with E-state index in [-0.39, 0.29) is 0 Å². The minimum atomic E-state index is 0.526. The van der Waals surface area contributed by atoms with E-state index in [1.165, 1.54) is 0 Å². The Morgan fingerprint density at radius 3 is 2.00 bits per heavy atom. The van der Waals surface area contributed by atoms with Crippen LogP contribution in [0.5, 0.6) is 0 Å². The third-order valence-electron chi connectivity index (χ3n) is 2.93. The molecule has 0 aromatic heterocycles. The summed E-state index contributed by atoms with van der Waals surface area (Å²) in [5.74, 6) is 0. The second kappa shape index (κ2) is 10.5. The van der Waals surface area contributed by atoms with Gasteiger partial charge in [-0.25, -0.2) is 0 Å². The molecule has 0 aliphatic carbocycles. The molecule has 0 atom stereocenters. The SMILES string of the molecule is C=C(C)/C=C(/NC1CCNCC1)C(=C)C(=C)C.CNC. The molecule has 3 heteroatoms. The van der Waals surface area contributed by atoms with Crippen molar-refractivity contribution >= 4 is 0 Å². The van der Waals surface area contributed by atoms with E-state index in [4.69, 9.17) is 0 Å². The quantitative estimate of drug-likeness (QED) is 0.676. The van der Waals surface area contributed by atoms with Crippen molar-refractivity contribution in [2.75, 3.05) is 27.2 Å². The van der Waals surface area contributed by atoms with Crippen molar-refractivity contribution in [3.05, 3.63) is 48.2 Å². The Hall–Kier alpha value is -1.32. The van der Waals surface area contributed by atoms with Crippen molar-refractivity contribution in [2.45, 2.75) is 32.7 Å². The molecule has 0 aromatic carbocycles. The van der Waals surface area contributed by atoms with Gasteiger partial charge in [0.1, 0.15) is 0 Å². The zero-order valence-electron chi connectivity index (χ0n) is 13.6. The summed E-state index contributed by atoms with van der Waals surface area (Å²) >= 11 is 0. The molecule has 1 fully saturated rings. The predicted octanol–water partition coefficient (Wildman–Crippen LogP) is 2.76. The molecule has 1 aliphatic rings. The molecule has 0 radical (unpaired) electrons. The second-order valence-corrected chi connectivity index (χ2v) is 5.33. The van der Waals surface area contributed by atoms with Crippen molar-refractivity contribution in [3.63, 3.8) is 0 Å². The van der Waals surface area contributed by atoms with Crippen LogP contribution in [0, 0.1) is 0 Å². The molecule has 114 valence electrons. The zero-order valence-corrected chi connectivity index (χ0v) is 13.6. The van der Waals surface area contributed by atoms with Gasteiger partial charge in [0, 0.05) is 11.7 Å². The van der Waals surface area contributed by atoms with Crippen LogP contribution in [-0.2, 0) is 0 Å². The number of piperidine rings is 1. The Morgan fingerprint density at radius 1 is 1.10 bits per heavy atom. The average molecular weight is 277 g/mol. The molecular weight excluding hydrogens is 246 g/mol. The van der Waals surface area contributed by atoms with Gasteiger partial charge in [0.15, 0.2) is 0 Å². The number of allylic oxidation sites excluding steroid dienone is 3. The summed E-state index contributed by atoms with van der Waals surface area (Å²) in [6, 6.07) is 0.526. The highest BCUT2D eigenvalue weighted by molar-refractivity contribution is 5.44. The highest BCUT2D eigenvalue weighted by atomic mass is 15.0. The van der Waals surface area contributed by atoms with Crippen molar-refractivity contribution in [3.8, 4) is 0 Å². The summed E-state index contributed by atoms with van der Waals surface area (Å²) in [5, 5.41) is 9.68. The Morgan fingerprint density at radius 2 is 1.60 bits per heavy atom. The standard InChI is InChI=1S/C15H24N2.C2H7N/c1-11(2)10-15(13(5)12(3)4)17-14-6-8-16-9-7-14;1-3-2/h10,14,16-17H,1,3,5-9H2,2,4H3;3H,1-2H3/b15-10+;. The summed E-state index contributed by atoms with van der Waals surface area (Å²) < 4.78 is 0. The molecule has 0 spiro atoms. The van der Waals surface area contributed by atoms with Crippen LogP contribution in [0.3, 0.4) is 0 Å². The first-order chi connectivity index (χ1) is 9.42. The van der Waals surface area contributed by atoms with Crippen molar-refractivity contribution < 1.29 is 0 Å². The van der Waals surface area contributed by atoms with E-state index in [1.54, 1.807) is 0 Å². The molecular formula is C17H31N3. The first kappa shape index (κ1) is 18.7. The van der Waals surface area contributed by atoms with E-state index in [0.29, 0.717) is 6.04 Å². The van der Waals surface area contributed by atoms with E-state index in [1.807, 2.05) is 27.9 Å². The van der Waals surface area contributed by atoms with Gasteiger partial charge in [0.05, 0.1) is 0 Å². The molecule has 20 heavy (non-hydrogen) atoms. The lowest BCUT2D eigenvalue weighted by molar-refractivity contribution is 0.413. The Balaban J connectivity index is 0.00000110. The molecule has 0 unspecified atom stereocenters. The Bertz CT molecular complexity index is 360. The van der Waals surface area contributed by atoms with E-state index in [2.05, 4.69) is 41.8 Å². The van der Waals surface area contributed by atoms with Crippen LogP contribution in [0.2, 0.25) is 0 Å². The van der Waals surface area contributed by atoms with Crippen LogP contribution in [0.25, 0.3) is 0 Å². The van der Waals surface area contributed by atoms with Gasteiger partial charge < -0.3 is 16.0 Å². The highest BCUT2D eigenvalue weighted by Gasteiger charge is 2.14. The van der Waals surface area contributed by atoms with Gasteiger partial charge in [-0.15, -0.1) is 0 Å². The number of hydrogen-bond donors (Lipinski definition) is 3. The predicted molar refractivity (Wildman–Crippen MR) is 90.9 cm³/mol. The van der Waals surface area contributed by atoms with Gasteiger partial charge in [-0.3, -0.25) is 0 Å². The monoisotopic (exact) mass is 277 g/mol. The van der Waals surface area contributed by atoms with Crippen LogP contribution in [0.15, 0.2) is 48.2 Å². The van der Waals surface area contributed by atoms with Gasteiger partial charge >= 0.3 is 0 Å². The second-order valence-electron chi connectivity index (χ2n) is 5.33. The maximum absolute atomic E-state index is 4.09. The molecule has 3 N–H and O–H groups in total. The first-order valence-corrected chi connectivity index (χ1v) is 7.20. The number of nitrogens with one attached hydrogen (secondary N) is 3. The summed E-state index contributed by atoms with van der Waals surface area (Å²) in [7, 11) is 3.75. The minimum Gasteiger partial charge on any atom is -0.382 e. The summed E-state index contributed by atoms with van der Waals surface area (Å²) in [6.45, 7) is 18.1. The maximum atomic E-state index is 4.09. The molecule has 0 aromatic rings. The van der Waals surface area contributed by atoms with Gasteiger partial charge in [-0.05, 0) is 71.1 Å². The Labute approximate surface area is 124 Å². The van der Waals surface area contributed by atoms with Crippen LogP contribution in [0.1, 0.15) is 26.7 Å². The first-order valence-electron chi connectivity index (χ1n) is 7.20. The van der Waals surface area contributed by atoms with Crippen LogP contribution in [0.4, 0.5) is 0 Å². The molecule has 0 saturated carbocycles. The van der Waals surface area contributed by atoms with Gasteiger partial charge in [0.2, 0.25) is 0 Å². The third kappa shape index (κ3) is 7.97. The Kier molecular flexibility index (Phi) is 9.77. The van der Waals surface area contributed by atoms with Crippen LogP contribution < -0.4 is 16.0 Å². The van der Waals surface area contributed by atoms with E-state index < -0.39 is 0 Å². The lowest BCUT2D eigenvalue weighted by atomic mass is 10.0. The molecule has 0 amide bonds. The molecule has 3 nitrogen and oxygen atoms in total. The average Bonchev–Trinajstić information content (AvgIpc) is 2.38. The topological polar surface area (TPSA) is 36.1 Å². The smallest absolute Gasteiger partial charge is 0.0414 e. The van der Waals surface area contributed by atoms with Gasteiger partial charge in [-0.1, -0.05) is 25.3 Å². The number of hydrogen-bond acceptors (Lipinski definition) is 3. The van der Waals surface area contributed by atoms with Crippen LogP contribution >= 0.6 is 0 Å². The number of rotatable bonds is 5. The zero-order chi connectivity index (χ0) is 15.5. The van der Waals surface area contributed by atoms with E-state index >= 15 is 0 Å². The third-order valence-corrected chi connectivity index (χ3v) is 2.93. The fourth-order valence-corrected chi connectivity index (χ4v) is 1.88. The lowest BCUT2D eigenvalue weighted by Gasteiger charge is -2.27. The van der Waals surface area contributed by atoms with E-state index in [9.17, 15) is 0 Å². The summed E-state index contributed by atoms with van der Waals surface area (Å²) in [5.41, 5.74) is 4.08. The van der Waals surface area contributed by atoms with Gasteiger partial charge in [0.25, 0.3) is 0 Å². The van der Waals surface area contributed by atoms with Crippen molar-refractivity contribution in [2.24, 2.45) is 0 Å². The molecule has 1 saturated heterocycles. The fourth-order valence-electron chi connectivity index (χ4n) is 1.88. The van der Waals surface area contributed by atoms with Gasteiger partial charge in [-0.2, -0.15) is 0 Å². The van der Waals surface area contributed by atoms with E-state index in [0.717, 1.165) is 48.3 Å². The molecule has 0 bridgehead atoms. The summed E-state index contributed by atoms with van der Waals surface area (Å²) in [4.78, 5) is 0. The van der Waals surface area contributed by atoms with Crippen molar-refractivity contribution in [1.29, 1.82) is 0 Å². The summed E-state index contributed by atoms with van der Waals surface area (Å²) in [6.07, 6.45) is 4.35. The molecule has 1 heterocycles. The fraction of sp³-hybridized carbons (Fsp3) is 0.529. The molecule has 1 rings (SSSR count).